The average Bonchev–Trinajstić information content (AvgIpc) is 2.94. The molecule has 0 spiro atoms. The van der Waals surface area contributed by atoms with E-state index in [9.17, 15) is 4.79 Å². The molecule has 4 heteroatoms. The van der Waals surface area contributed by atoms with E-state index in [0.717, 1.165) is 44.5 Å². The highest BCUT2D eigenvalue weighted by molar-refractivity contribution is 5.95. The third kappa shape index (κ3) is 2.45. The SMILES string of the molecule is CNC1CCCN(C(=O)c2ccc3c(c2)CCN3)C1. The van der Waals surface area contributed by atoms with Crippen LogP contribution in [0.25, 0.3) is 0 Å². The molecule has 1 atom stereocenters. The molecule has 0 radical (unpaired) electrons. The Balaban J connectivity index is 1.76. The van der Waals surface area contributed by atoms with E-state index in [4.69, 9.17) is 0 Å². The Morgan fingerprint density at radius 2 is 2.37 bits per heavy atom. The van der Waals surface area contributed by atoms with Gasteiger partial charge in [-0.15, -0.1) is 0 Å². The van der Waals surface area contributed by atoms with Gasteiger partial charge in [0.15, 0.2) is 0 Å². The van der Waals surface area contributed by atoms with Crippen LogP contribution < -0.4 is 10.6 Å². The maximum absolute atomic E-state index is 12.5. The highest BCUT2D eigenvalue weighted by Gasteiger charge is 2.24. The summed E-state index contributed by atoms with van der Waals surface area (Å²) >= 11 is 0. The third-order valence-electron chi connectivity index (χ3n) is 4.18. The van der Waals surface area contributed by atoms with E-state index in [1.807, 2.05) is 24.1 Å². The standard InChI is InChI=1S/C15H21N3O/c1-16-13-3-2-8-18(10-13)15(19)12-4-5-14-11(9-12)6-7-17-14/h4-5,9,13,16-17H,2-3,6-8,10H2,1H3. The maximum atomic E-state index is 12.5. The summed E-state index contributed by atoms with van der Waals surface area (Å²) in [4.78, 5) is 14.5. The number of nitrogens with one attached hydrogen (secondary N) is 2. The summed E-state index contributed by atoms with van der Waals surface area (Å²) in [6.07, 6.45) is 3.27. The first kappa shape index (κ1) is 12.5. The fourth-order valence-electron chi connectivity index (χ4n) is 3.02. The Kier molecular flexibility index (Phi) is 3.42. The van der Waals surface area contributed by atoms with Crippen molar-refractivity contribution in [3.63, 3.8) is 0 Å². The minimum Gasteiger partial charge on any atom is -0.384 e. The van der Waals surface area contributed by atoms with Crippen LogP contribution in [-0.4, -0.2) is 43.5 Å². The second-order valence-electron chi connectivity index (χ2n) is 5.43. The molecule has 4 nitrogen and oxygen atoms in total. The first-order valence-corrected chi connectivity index (χ1v) is 7.11. The van der Waals surface area contributed by atoms with Crippen LogP contribution in [0, 0.1) is 0 Å². The number of anilines is 1. The predicted molar refractivity (Wildman–Crippen MR) is 76.6 cm³/mol. The highest BCUT2D eigenvalue weighted by atomic mass is 16.2. The summed E-state index contributed by atoms with van der Waals surface area (Å²) in [7, 11) is 1.97. The predicted octanol–water partition coefficient (Wildman–Crippen LogP) is 1.48. The van der Waals surface area contributed by atoms with Crippen LogP contribution in [-0.2, 0) is 6.42 Å². The van der Waals surface area contributed by atoms with Crippen molar-refractivity contribution in [1.29, 1.82) is 0 Å². The van der Waals surface area contributed by atoms with Gasteiger partial charge >= 0.3 is 0 Å². The normalized spacial score (nSPS) is 21.9. The van der Waals surface area contributed by atoms with Crippen molar-refractivity contribution in [3.05, 3.63) is 29.3 Å². The molecule has 102 valence electrons. The Morgan fingerprint density at radius 3 is 3.21 bits per heavy atom. The number of hydrogen-bond donors (Lipinski definition) is 2. The maximum Gasteiger partial charge on any atom is 0.253 e. The first-order chi connectivity index (χ1) is 9.28. The number of fused-ring (bicyclic) bond motifs is 1. The van der Waals surface area contributed by atoms with E-state index in [0.29, 0.717) is 6.04 Å². The monoisotopic (exact) mass is 259 g/mol. The summed E-state index contributed by atoms with van der Waals surface area (Å²) in [6.45, 7) is 2.69. The number of carbonyl (C=O) groups excluding carboxylic acids is 1. The molecule has 19 heavy (non-hydrogen) atoms. The van der Waals surface area contributed by atoms with Crippen molar-refractivity contribution in [2.24, 2.45) is 0 Å². The Morgan fingerprint density at radius 1 is 1.47 bits per heavy atom. The van der Waals surface area contributed by atoms with Gasteiger partial charge in [-0.3, -0.25) is 4.79 Å². The van der Waals surface area contributed by atoms with Crippen LogP contribution in [0.15, 0.2) is 18.2 Å². The second-order valence-corrected chi connectivity index (χ2v) is 5.43. The van der Waals surface area contributed by atoms with Gasteiger partial charge in [0.25, 0.3) is 5.91 Å². The van der Waals surface area contributed by atoms with E-state index in [2.05, 4.69) is 16.7 Å². The number of likely N-dealkylation sites (N-methyl/N-ethyl adjacent to an activating group) is 1. The van der Waals surface area contributed by atoms with E-state index in [1.54, 1.807) is 0 Å². The second kappa shape index (κ2) is 5.21. The first-order valence-electron chi connectivity index (χ1n) is 7.11. The van der Waals surface area contributed by atoms with Crippen LogP contribution in [0.1, 0.15) is 28.8 Å². The number of nitrogens with zero attached hydrogens (tertiary/aromatic N) is 1. The zero-order chi connectivity index (χ0) is 13.2. The molecule has 1 saturated heterocycles. The number of amides is 1. The third-order valence-corrected chi connectivity index (χ3v) is 4.18. The zero-order valence-corrected chi connectivity index (χ0v) is 11.4. The van der Waals surface area contributed by atoms with Gasteiger partial charge < -0.3 is 15.5 Å². The van der Waals surface area contributed by atoms with Crippen molar-refractivity contribution >= 4 is 11.6 Å². The Labute approximate surface area is 114 Å². The summed E-state index contributed by atoms with van der Waals surface area (Å²) in [5.74, 6) is 0.176. The van der Waals surface area contributed by atoms with Crippen LogP contribution in [0.4, 0.5) is 5.69 Å². The molecule has 0 aromatic heterocycles. The van der Waals surface area contributed by atoms with Gasteiger partial charge in [-0.25, -0.2) is 0 Å². The highest BCUT2D eigenvalue weighted by Crippen LogP contribution is 2.24. The largest absolute Gasteiger partial charge is 0.384 e. The number of hydrogen-bond acceptors (Lipinski definition) is 3. The van der Waals surface area contributed by atoms with Gasteiger partial charge in [0.05, 0.1) is 0 Å². The quantitative estimate of drug-likeness (QED) is 0.845. The molecule has 0 aliphatic carbocycles. The summed E-state index contributed by atoms with van der Waals surface area (Å²) in [5.41, 5.74) is 3.29. The molecule has 0 bridgehead atoms. The van der Waals surface area contributed by atoms with Gasteiger partial charge in [0.1, 0.15) is 0 Å². The van der Waals surface area contributed by atoms with Crippen molar-refractivity contribution in [2.75, 3.05) is 32.0 Å². The van der Waals surface area contributed by atoms with Crippen LogP contribution >= 0.6 is 0 Å². The van der Waals surface area contributed by atoms with E-state index < -0.39 is 0 Å². The van der Waals surface area contributed by atoms with E-state index in [1.165, 1.54) is 11.3 Å². The van der Waals surface area contributed by atoms with E-state index in [-0.39, 0.29) is 5.91 Å². The molecule has 1 amide bonds. The fraction of sp³-hybridized carbons (Fsp3) is 0.533. The lowest BCUT2D eigenvalue weighted by Crippen LogP contribution is -2.46. The number of benzene rings is 1. The van der Waals surface area contributed by atoms with Crippen LogP contribution in [0.3, 0.4) is 0 Å². The molecule has 1 fully saturated rings. The smallest absolute Gasteiger partial charge is 0.253 e. The van der Waals surface area contributed by atoms with Crippen LogP contribution in [0.5, 0.6) is 0 Å². The average molecular weight is 259 g/mol. The number of likely N-dealkylation sites (tertiary alicyclic amines) is 1. The number of piperidine rings is 1. The molecular formula is C15H21N3O. The summed E-state index contributed by atoms with van der Waals surface area (Å²) < 4.78 is 0. The van der Waals surface area contributed by atoms with Gasteiger partial charge in [0.2, 0.25) is 0 Å². The molecule has 1 aromatic rings. The lowest BCUT2D eigenvalue weighted by Gasteiger charge is -2.32. The number of carbonyl (C=O) groups is 1. The Hall–Kier alpha value is -1.55. The molecule has 3 rings (SSSR count). The van der Waals surface area contributed by atoms with Crippen molar-refractivity contribution in [1.82, 2.24) is 10.2 Å². The lowest BCUT2D eigenvalue weighted by molar-refractivity contribution is 0.0698. The lowest BCUT2D eigenvalue weighted by atomic mass is 10.0. The van der Waals surface area contributed by atoms with Gasteiger partial charge in [-0.2, -0.15) is 0 Å². The molecule has 2 heterocycles. The number of rotatable bonds is 2. The minimum atomic E-state index is 0.176. The topological polar surface area (TPSA) is 44.4 Å². The molecule has 1 unspecified atom stereocenters. The zero-order valence-electron chi connectivity index (χ0n) is 11.4. The van der Waals surface area contributed by atoms with Crippen molar-refractivity contribution in [2.45, 2.75) is 25.3 Å². The Bertz CT molecular complexity index is 486. The van der Waals surface area contributed by atoms with Crippen molar-refractivity contribution in [3.8, 4) is 0 Å². The molecule has 2 aliphatic heterocycles. The fourth-order valence-corrected chi connectivity index (χ4v) is 3.02. The van der Waals surface area contributed by atoms with Crippen molar-refractivity contribution < 1.29 is 4.79 Å². The molecule has 2 N–H and O–H groups in total. The minimum absolute atomic E-state index is 0.176. The summed E-state index contributed by atoms with van der Waals surface area (Å²) in [6, 6.07) is 6.48. The van der Waals surface area contributed by atoms with Gasteiger partial charge in [0, 0.05) is 36.9 Å². The van der Waals surface area contributed by atoms with E-state index >= 15 is 0 Å². The van der Waals surface area contributed by atoms with Gasteiger partial charge in [-0.05, 0) is 50.1 Å². The molecule has 2 aliphatic rings. The molecule has 0 saturated carbocycles. The summed E-state index contributed by atoms with van der Waals surface area (Å²) in [5, 5.41) is 6.61. The molecular weight excluding hydrogens is 238 g/mol. The van der Waals surface area contributed by atoms with Gasteiger partial charge in [-0.1, -0.05) is 0 Å². The van der Waals surface area contributed by atoms with Crippen LogP contribution in [0.2, 0.25) is 0 Å². The molecule has 1 aromatic carbocycles.